The summed E-state index contributed by atoms with van der Waals surface area (Å²) >= 11 is 0. The Balaban J connectivity index is 1.95. The van der Waals surface area contributed by atoms with Crippen LogP contribution in [0, 0.1) is 0 Å². The van der Waals surface area contributed by atoms with Crippen LogP contribution >= 0.6 is 0 Å². The second kappa shape index (κ2) is 6.40. The topological polar surface area (TPSA) is 73.6 Å². The van der Waals surface area contributed by atoms with Crippen LogP contribution in [0.25, 0.3) is 16.8 Å². The van der Waals surface area contributed by atoms with E-state index in [1.165, 1.54) is 0 Å². The molecule has 3 rings (SSSR count). The van der Waals surface area contributed by atoms with Gasteiger partial charge in [-0.15, -0.1) is 0 Å². The number of nitrogens with zero attached hydrogens (tertiary/aromatic N) is 4. The maximum atomic E-state index is 5.08. The lowest BCUT2D eigenvalue weighted by atomic mass is 10.1. The molecule has 0 saturated carbocycles. The predicted octanol–water partition coefficient (Wildman–Crippen LogP) is 1.86. The van der Waals surface area contributed by atoms with Crippen molar-refractivity contribution in [2.45, 2.75) is 0 Å². The molecule has 0 bridgehead atoms. The lowest BCUT2D eigenvalue weighted by Crippen LogP contribution is -2.11. The van der Waals surface area contributed by atoms with Gasteiger partial charge in [0.2, 0.25) is 5.88 Å². The molecule has 0 aliphatic heterocycles. The summed E-state index contributed by atoms with van der Waals surface area (Å²) in [4.78, 5) is 8.64. The molecule has 0 atom stereocenters. The highest BCUT2D eigenvalue weighted by Crippen LogP contribution is 2.25. The molecular weight excluding hydrogens is 282 g/mol. The summed E-state index contributed by atoms with van der Waals surface area (Å²) in [5, 5.41) is 7.68. The standard InChI is InChI=1S/C15H17N5O2/c1-21-8-7-16-13-5-6-17-15-12(10-19-20(13)15)11-3-4-14(22-2)18-9-11/h3-6,9-10,16H,7-8H2,1-2H3. The van der Waals surface area contributed by atoms with Crippen molar-refractivity contribution in [1.82, 2.24) is 19.6 Å². The summed E-state index contributed by atoms with van der Waals surface area (Å²) in [6.07, 6.45) is 5.29. The fraction of sp³-hybridized carbons (Fsp3) is 0.267. The van der Waals surface area contributed by atoms with Gasteiger partial charge in [0.1, 0.15) is 5.82 Å². The third kappa shape index (κ3) is 2.71. The Morgan fingerprint density at radius 2 is 2.05 bits per heavy atom. The number of methoxy groups -OCH3 is 2. The minimum Gasteiger partial charge on any atom is -0.481 e. The number of hydrogen-bond donors (Lipinski definition) is 1. The van der Waals surface area contributed by atoms with Gasteiger partial charge in [0.25, 0.3) is 0 Å². The quantitative estimate of drug-likeness (QED) is 0.700. The van der Waals surface area contributed by atoms with Gasteiger partial charge in [-0.05, 0) is 12.1 Å². The molecule has 0 saturated heterocycles. The van der Waals surface area contributed by atoms with Gasteiger partial charge in [0.05, 0.1) is 19.9 Å². The van der Waals surface area contributed by atoms with Crippen LogP contribution in [0.4, 0.5) is 5.82 Å². The van der Waals surface area contributed by atoms with E-state index < -0.39 is 0 Å². The van der Waals surface area contributed by atoms with Gasteiger partial charge in [-0.1, -0.05) is 0 Å². The summed E-state index contributed by atoms with van der Waals surface area (Å²) in [5.41, 5.74) is 2.64. The summed E-state index contributed by atoms with van der Waals surface area (Å²) in [6.45, 7) is 1.33. The van der Waals surface area contributed by atoms with Gasteiger partial charge in [-0.3, -0.25) is 0 Å². The van der Waals surface area contributed by atoms with E-state index in [1.807, 2.05) is 18.2 Å². The highest BCUT2D eigenvalue weighted by molar-refractivity contribution is 5.77. The second-order valence-electron chi connectivity index (χ2n) is 4.63. The number of rotatable bonds is 6. The van der Waals surface area contributed by atoms with Crippen molar-refractivity contribution in [3.8, 4) is 17.0 Å². The van der Waals surface area contributed by atoms with E-state index in [9.17, 15) is 0 Å². The molecule has 22 heavy (non-hydrogen) atoms. The summed E-state index contributed by atoms with van der Waals surface area (Å²) in [6, 6.07) is 5.64. The third-order valence-electron chi connectivity index (χ3n) is 3.27. The molecule has 0 aromatic carbocycles. The molecule has 0 spiro atoms. The van der Waals surface area contributed by atoms with Crippen molar-refractivity contribution in [2.24, 2.45) is 0 Å². The number of pyridine rings is 1. The highest BCUT2D eigenvalue weighted by atomic mass is 16.5. The summed E-state index contributed by atoms with van der Waals surface area (Å²) in [7, 11) is 3.27. The van der Waals surface area contributed by atoms with Gasteiger partial charge in [0.15, 0.2) is 5.65 Å². The second-order valence-corrected chi connectivity index (χ2v) is 4.63. The SMILES string of the molecule is COCCNc1ccnc2c(-c3ccc(OC)nc3)cnn12. The van der Waals surface area contributed by atoms with E-state index >= 15 is 0 Å². The van der Waals surface area contributed by atoms with Crippen LogP contribution < -0.4 is 10.1 Å². The molecule has 3 heterocycles. The van der Waals surface area contributed by atoms with E-state index in [2.05, 4.69) is 20.4 Å². The maximum Gasteiger partial charge on any atom is 0.212 e. The molecule has 3 aromatic rings. The Morgan fingerprint density at radius 3 is 2.77 bits per heavy atom. The smallest absolute Gasteiger partial charge is 0.212 e. The van der Waals surface area contributed by atoms with Crippen LogP contribution in [-0.4, -0.2) is 47.0 Å². The molecule has 0 aliphatic rings. The average molecular weight is 299 g/mol. The number of ether oxygens (including phenoxy) is 2. The van der Waals surface area contributed by atoms with Crippen LogP contribution in [0.3, 0.4) is 0 Å². The van der Waals surface area contributed by atoms with Crippen molar-refractivity contribution in [2.75, 3.05) is 32.7 Å². The maximum absolute atomic E-state index is 5.08. The Morgan fingerprint density at radius 1 is 1.14 bits per heavy atom. The minimum absolute atomic E-state index is 0.579. The van der Waals surface area contributed by atoms with E-state index in [0.717, 1.165) is 22.6 Å². The average Bonchev–Trinajstić information content (AvgIpc) is 3.00. The minimum atomic E-state index is 0.579. The molecule has 0 fully saturated rings. The van der Waals surface area contributed by atoms with Crippen molar-refractivity contribution in [1.29, 1.82) is 0 Å². The Labute approximate surface area is 127 Å². The molecule has 7 heteroatoms. The highest BCUT2D eigenvalue weighted by Gasteiger charge is 2.11. The Hall–Kier alpha value is -2.67. The molecule has 1 N–H and O–H groups in total. The first-order chi connectivity index (χ1) is 10.8. The van der Waals surface area contributed by atoms with E-state index in [1.54, 1.807) is 37.3 Å². The van der Waals surface area contributed by atoms with Crippen LogP contribution in [0.15, 0.2) is 36.8 Å². The lowest BCUT2D eigenvalue weighted by Gasteiger charge is -2.07. The van der Waals surface area contributed by atoms with Crippen molar-refractivity contribution in [3.63, 3.8) is 0 Å². The van der Waals surface area contributed by atoms with E-state index in [0.29, 0.717) is 19.0 Å². The molecule has 114 valence electrons. The zero-order valence-electron chi connectivity index (χ0n) is 12.5. The zero-order chi connectivity index (χ0) is 15.4. The monoisotopic (exact) mass is 299 g/mol. The van der Waals surface area contributed by atoms with Crippen LogP contribution in [-0.2, 0) is 4.74 Å². The van der Waals surface area contributed by atoms with Crippen LogP contribution in [0.5, 0.6) is 5.88 Å². The fourth-order valence-corrected chi connectivity index (χ4v) is 2.17. The first-order valence-electron chi connectivity index (χ1n) is 6.89. The number of nitrogens with one attached hydrogen (secondary N) is 1. The largest absolute Gasteiger partial charge is 0.481 e. The normalized spacial score (nSPS) is 10.8. The molecular formula is C15H17N5O2. The summed E-state index contributed by atoms with van der Waals surface area (Å²) < 4.78 is 11.9. The third-order valence-corrected chi connectivity index (χ3v) is 3.27. The van der Waals surface area contributed by atoms with Crippen molar-refractivity contribution < 1.29 is 9.47 Å². The van der Waals surface area contributed by atoms with E-state index in [-0.39, 0.29) is 0 Å². The van der Waals surface area contributed by atoms with Gasteiger partial charge in [0, 0.05) is 43.2 Å². The predicted molar refractivity (Wildman–Crippen MR) is 83.1 cm³/mol. The number of fused-ring (bicyclic) bond motifs is 1. The molecule has 0 aliphatic carbocycles. The number of anilines is 1. The van der Waals surface area contributed by atoms with Crippen LogP contribution in [0.2, 0.25) is 0 Å². The number of hydrogen-bond acceptors (Lipinski definition) is 6. The van der Waals surface area contributed by atoms with Crippen molar-refractivity contribution >= 4 is 11.5 Å². The van der Waals surface area contributed by atoms with Crippen LogP contribution in [0.1, 0.15) is 0 Å². The van der Waals surface area contributed by atoms with Gasteiger partial charge in [-0.2, -0.15) is 9.61 Å². The van der Waals surface area contributed by atoms with Gasteiger partial charge < -0.3 is 14.8 Å². The van der Waals surface area contributed by atoms with Gasteiger partial charge >= 0.3 is 0 Å². The van der Waals surface area contributed by atoms with Crippen molar-refractivity contribution in [3.05, 3.63) is 36.8 Å². The molecule has 7 nitrogen and oxygen atoms in total. The number of aromatic nitrogens is 4. The molecule has 0 radical (unpaired) electrons. The molecule has 3 aromatic heterocycles. The molecule has 0 amide bonds. The van der Waals surface area contributed by atoms with E-state index in [4.69, 9.17) is 9.47 Å². The Kier molecular flexibility index (Phi) is 4.15. The first kappa shape index (κ1) is 14.3. The summed E-state index contributed by atoms with van der Waals surface area (Å²) in [5.74, 6) is 1.45. The lowest BCUT2D eigenvalue weighted by molar-refractivity contribution is 0.210. The fourth-order valence-electron chi connectivity index (χ4n) is 2.17. The van der Waals surface area contributed by atoms with Gasteiger partial charge in [-0.25, -0.2) is 9.97 Å². The first-order valence-corrected chi connectivity index (χ1v) is 6.89. The molecule has 0 unspecified atom stereocenters. The Bertz CT molecular complexity index is 754. The zero-order valence-corrected chi connectivity index (χ0v) is 12.5.